The predicted molar refractivity (Wildman–Crippen MR) is 164 cm³/mol. The van der Waals surface area contributed by atoms with Crippen LogP contribution in [0.15, 0.2) is 24.3 Å². The van der Waals surface area contributed by atoms with Crippen LogP contribution in [0.3, 0.4) is 0 Å². The molecule has 2 aromatic rings. The molecule has 6 N–H and O–H groups in total. The Morgan fingerprint density at radius 1 is 0.833 bits per heavy atom. The summed E-state index contributed by atoms with van der Waals surface area (Å²) in [5.41, 5.74) is 13.9. The molecule has 1 aromatic heterocycles. The minimum Gasteiger partial charge on any atom is -0.383 e. The zero-order chi connectivity index (χ0) is 30.4. The highest BCUT2D eigenvalue weighted by atomic mass is 16.6. The number of amides is 2. The number of fused-ring (bicyclic) bond motifs is 1. The van der Waals surface area contributed by atoms with E-state index in [9.17, 15) is 9.59 Å². The molecule has 0 aliphatic rings. The molecule has 0 saturated heterocycles. The van der Waals surface area contributed by atoms with Crippen molar-refractivity contribution in [1.82, 2.24) is 10.3 Å². The number of nitrogens with zero attached hydrogens (tertiary/aromatic N) is 2. The van der Waals surface area contributed by atoms with Gasteiger partial charge in [-0.3, -0.25) is 9.59 Å². The van der Waals surface area contributed by atoms with Crippen LogP contribution < -0.4 is 27.0 Å². The van der Waals surface area contributed by atoms with Crippen molar-refractivity contribution < 1.29 is 33.3 Å². The summed E-state index contributed by atoms with van der Waals surface area (Å²) in [5, 5.41) is 7.18. The van der Waals surface area contributed by atoms with Gasteiger partial charge in [0.25, 0.3) is 0 Å². The van der Waals surface area contributed by atoms with E-state index in [1.165, 1.54) is 0 Å². The van der Waals surface area contributed by atoms with Crippen LogP contribution >= 0.6 is 0 Å². The van der Waals surface area contributed by atoms with Crippen LogP contribution in [0.1, 0.15) is 25.7 Å². The number of pyridine rings is 1. The van der Waals surface area contributed by atoms with Crippen LogP contribution in [0.5, 0.6) is 0 Å². The van der Waals surface area contributed by atoms with Gasteiger partial charge in [0, 0.05) is 45.4 Å². The number of hydrogen-bond donors (Lipinski definition) is 4. The van der Waals surface area contributed by atoms with Crippen molar-refractivity contribution in [2.24, 2.45) is 5.73 Å². The number of nitrogens with two attached hydrogens (primary N) is 2. The molecular formula is C29H48N6O7. The molecule has 0 radical (unpaired) electrons. The van der Waals surface area contributed by atoms with Crippen molar-refractivity contribution in [3.63, 3.8) is 0 Å². The largest absolute Gasteiger partial charge is 0.383 e. The van der Waals surface area contributed by atoms with E-state index in [2.05, 4.69) is 26.6 Å². The zero-order valence-corrected chi connectivity index (χ0v) is 25.0. The number of carbonyl (C=O) groups excluding carboxylic acids is 2. The molecule has 0 atom stereocenters. The molecule has 0 bridgehead atoms. The number of carbonyl (C=O) groups is 2. The molecule has 13 nitrogen and oxygen atoms in total. The topological polar surface area (TPSA) is 173 Å². The first-order valence-electron chi connectivity index (χ1n) is 14.4. The molecule has 0 unspecified atom stereocenters. The number of aromatic nitrogens is 1. The number of rotatable bonds is 25. The summed E-state index contributed by atoms with van der Waals surface area (Å²) >= 11 is 0. The molecule has 42 heavy (non-hydrogen) atoms. The van der Waals surface area contributed by atoms with Gasteiger partial charge in [-0.15, -0.1) is 0 Å². The number of primary amides is 1. The van der Waals surface area contributed by atoms with Crippen LogP contribution in [-0.2, 0) is 33.3 Å². The summed E-state index contributed by atoms with van der Waals surface area (Å²) in [6, 6.07) is 7.96. The number of unbranched alkanes of at least 4 members (excludes halogenated alkanes) is 1. The lowest BCUT2D eigenvalue weighted by molar-refractivity contribution is -0.122. The van der Waals surface area contributed by atoms with E-state index in [0.717, 1.165) is 41.7 Å². The normalized spacial score (nSPS) is 11.1. The van der Waals surface area contributed by atoms with E-state index >= 15 is 0 Å². The third-order valence-corrected chi connectivity index (χ3v) is 6.22. The fourth-order valence-electron chi connectivity index (χ4n) is 4.08. The maximum absolute atomic E-state index is 12.1. The van der Waals surface area contributed by atoms with Crippen LogP contribution in [-0.4, -0.2) is 110 Å². The van der Waals surface area contributed by atoms with Gasteiger partial charge in [0.2, 0.25) is 11.8 Å². The average Bonchev–Trinajstić information content (AvgIpc) is 2.97. The highest BCUT2D eigenvalue weighted by Gasteiger charge is 2.15. The minimum absolute atomic E-state index is 0.0255. The molecule has 0 saturated carbocycles. The smallest absolute Gasteiger partial charge is 0.222 e. The third kappa shape index (κ3) is 14.1. The first kappa shape index (κ1) is 35.0. The Labute approximate surface area is 248 Å². The van der Waals surface area contributed by atoms with Crippen molar-refractivity contribution in [1.29, 1.82) is 0 Å². The summed E-state index contributed by atoms with van der Waals surface area (Å²) in [6.45, 7) is 5.62. The Kier molecular flexibility index (Phi) is 17.9. The lowest BCUT2D eigenvalue weighted by Gasteiger charge is -2.25. The molecule has 0 aliphatic heterocycles. The summed E-state index contributed by atoms with van der Waals surface area (Å²) in [5.74, 6) is 0.0718. The lowest BCUT2D eigenvalue weighted by Crippen LogP contribution is -2.27. The summed E-state index contributed by atoms with van der Waals surface area (Å²) in [6.07, 6.45) is 2.30. The Morgan fingerprint density at radius 3 is 1.95 bits per heavy atom. The van der Waals surface area contributed by atoms with E-state index < -0.39 is 0 Å². The molecule has 236 valence electrons. The molecule has 2 rings (SSSR count). The van der Waals surface area contributed by atoms with Gasteiger partial charge in [0.15, 0.2) is 0 Å². The van der Waals surface area contributed by atoms with Crippen LogP contribution in [0.4, 0.5) is 17.2 Å². The number of benzene rings is 1. The number of nitrogen functional groups attached to an aromatic ring is 1. The first-order valence-corrected chi connectivity index (χ1v) is 14.4. The quantitative estimate of drug-likeness (QED) is 0.123. The van der Waals surface area contributed by atoms with Gasteiger partial charge < -0.3 is 50.7 Å². The van der Waals surface area contributed by atoms with Crippen molar-refractivity contribution in [3.05, 3.63) is 24.3 Å². The minimum atomic E-state index is -0.380. The standard InChI is InChI=1S/C29H48N6O7/c1-32-27-28(23-7-3-4-8-24(23)34-29(27)31)35(2)12-6-5-11-33-26(37)10-14-39-16-18-41-20-22-42-21-19-40-17-15-38-13-9-25(30)36/h3-4,7-8,32H,5-6,9-22H2,1-2H3,(H2,30,36)(H2,31,34)(H,33,37). The second kappa shape index (κ2) is 21.5. The van der Waals surface area contributed by atoms with Gasteiger partial charge in [-0.2, -0.15) is 0 Å². The van der Waals surface area contributed by atoms with Crippen LogP contribution in [0, 0.1) is 0 Å². The van der Waals surface area contributed by atoms with E-state index in [0.29, 0.717) is 84.9 Å². The molecule has 0 fully saturated rings. The Morgan fingerprint density at radius 2 is 1.38 bits per heavy atom. The van der Waals surface area contributed by atoms with Gasteiger partial charge in [-0.1, -0.05) is 18.2 Å². The molecule has 1 heterocycles. The number of ether oxygens (including phenoxy) is 5. The van der Waals surface area contributed by atoms with E-state index in [-0.39, 0.29) is 18.2 Å². The predicted octanol–water partition coefficient (Wildman–Crippen LogP) is 1.54. The molecule has 0 spiro atoms. The molecule has 0 aliphatic carbocycles. The second-order valence-corrected chi connectivity index (χ2v) is 9.49. The van der Waals surface area contributed by atoms with Crippen molar-refractivity contribution in [2.45, 2.75) is 25.7 Å². The first-order chi connectivity index (χ1) is 20.4. The highest BCUT2D eigenvalue weighted by Crippen LogP contribution is 2.36. The Hall–Kier alpha value is -3.23. The second-order valence-electron chi connectivity index (χ2n) is 9.49. The average molecular weight is 593 g/mol. The number of nitrogens with one attached hydrogen (secondary N) is 2. The fourth-order valence-corrected chi connectivity index (χ4v) is 4.08. The van der Waals surface area contributed by atoms with Crippen molar-refractivity contribution in [3.8, 4) is 0 Å². The SMILES string of the molecule is CNc1c(N)nc2ccccc2c1N(C)CCCCNC(=O)CCOCCOCCOCCOCCOCCC(N)=O. The summed E-state index contributed by atoms with van der Waals surface area (Å²) in [4.78, 5) is 29.3. The summed E-state index contributed by atoms with van der Waals surface area (Å²) in [7, 11) is 3.89. The highest BCUT2D eigenvalue weighted by molar-refractivity contribution is 6.01. The van der Waals surface area contributed by atoms with Crippen molar-refractivity contribution in [2.75, 3.05) is 109 Å². The molecule has 2 amide bonds. The van der Waals surface area contributed by atoms with Gasteiger partial charge in [0.1, 0.15) is 11.5 Å². The Bertz CT molecular complexity index is 1060. The van der Waals surface area contributed by atoms with Gasteiger partial charge in [-0.25, -0.2) is 4.98 Å². The summed E-state index contributed by atoms with van der Waals surface area (Å²) < 4.78 is 26.9. The van der Waals surface area contributed by atoms with Crippen LogP contribution in [0.2, 0.25) is 0 Å². The number of anilines is 3. The molecular weight excluding hydrogens is 544 g/mol. The molecule has 1 aromatic carbocycles. The monoisotopic (exact) mass is 592 g/mol. The number of para-hydroxylation sites is 1. The zero-order valence-electron chi connectivity index (χ0n) is 25.0. The van der Waals surface area contributed by atoms with Gasteiger partial charge in [-0.05, 0) is 18.9 Å². The maximum atomic E-state index is 12.1. The van der Waals surface area contributed by atoms with E-state index in [1.54, 1.807) is 0 Å². The van der Waals surface area contributed by atoms with E-state index in [4.69, 9.17) is 35.2 Å². The fraction of sp³-hybridized carbons (Fsp3) is 0.621. The lowest BCUT2D eigenvalue weighted by atomic mass is 10.1. The van der Waals surface area contributed by atoms with E-state index in [1.807, 2.05) is 32.3 Å². The van der Waals surface area contributed by atoms with Crippen LogP contribution in [0.25, 0.3) is 10.9 Å². The third-order valence-electron chi connectivity index (χ3n) is 6.22. The maximum Gasteiger partial charge on any atom is 0.222 e. The van der Waals surface area contributed by atoms with Gasteiger partial charge in [0.05, 0.1) is 77.3 Å². The van der Waals surface area contributed by atoms with Crippen molar-refractivity contribution >= 4 is 39.9 Å². The molecule has 13 heteroatoms. The number of hydrogen-bond acceptors (Lipinski definition) is 11. The Balaban J connectivity index is 1.41. The van der Waals surface area contributed by atoms with Gasteiger partial charge >= 0.3 is 0 Å².